The Morgan fingerprint density at radius 2 is 2.17 bits per heavy atom. The molecule has 120 valence electrons. The van der Waals surface area contributed by atoms with Gasteiger partial charge < -0.3 is 10.4 Å². The van der Waals surface area contributed by atoms with E-state index in [1.807, 2.05) is 0 Å². The average Bonchev–Trinajstić information content (AvgIpc) is 2.96. The molecule has 0 aliphatic rings. The summed E-state index contributed by atoms with van der Waals surface area (Å²) in [6.07, 6.45) is 2.54. The molecule has 0 spiro atoms. The zero-order chi connectivity index (χ0) is 17.0. The lowest BCUT2D eigenvalue weighted by Crippen LogP contribution is -2.15. The van der Waals surface area contributed by atoms with E-state index in [2.05, 4.69) is 10.4 Å². The molecule has 23 heavy (non-hydrogen) atoms. The zero-order valence-electron chi connectivity index (χ0n) is 11.6. The van der Waals surface area contributed by atoms with Gasteiger partial charge in [0.1, 0.15) is 0 Å². The van der Waals surface area contributed by atoms with Crippen LogP contribution in [0.25, 0.3) is 0 Å². The SMILES string of the molecule is O=C(CCn1cc(C(=O)O)cn1)Nc1ccc([N+](=O)[O-])cc1Cl. The number of carboxylic acid groups (broad SMARTS) is 1. The number of aromatic carboxylic acids is 1. The number of amides is 1. The van der Waals surface area contributed by atoms with Gasteiger partial charge in [-0.3, -0.25) is 19.6 Å². The number of hydrogen-bond acceptors (Lipinski definition) is 5. The van der Waals surface area contributed by atoms with Crippen molar-refractivity contribution >= 4 is 34.9 Å². The Balaban J connectivity index is 1.94. The third-order valence-electron chi connectivity index (χ3n) is 2.89. The average molecular weight is 339 g/mol. The van der Waals surface area contributed by atoms with Crippen LogP contribution in [0.5, 0.6) is 0 Å². The molecule has 10 heteroatoms. The van der Waals surface area contributed by atoms with Crippen molar-refractivity contribution in [1.82, 2.24) is 9.78 Å². The van der Waals surface area contributed by atoms with Crippen LogP contribution in [0.4, 0.5) is 11.4 Å². The van der Waals surface area contributed by atoms with E-state index in [9.17, 15) is 19.7 Å². The summed E-state index contributed by atoms with van der Waals surface area (Å²) in [5.74, 6) is -1.48. The number of carbonyl (C=O) groups excluding carboxylic acids is 1. The molecule has 0 aliphatic heterocycles. The van der Waals surface area contributed by atoms with E-state index in [0.29, 0.717) is 0 Å². The molecule has 1 aromatic carbocycles. The van der Waals surface area contributed by atoms with Gasteiger partial charge in [-0.15, -0.1) is 0 Å². The second-order valence-corrected chi connectivity index (χ2v) is 4.92. The highest BCUT2D eigenvalue weighted by Crippen LogP contribution is 2.26. The summed E-state index contributed by atoms with van der Waals surface area (Å²) in [4.78, 5) is 32.6. The van der Waals surface area contributed by atoms with Gasteiger partial charge in [0, 0.05) is 31.3 Å². The zero-order valence-corrected chi connectivity index (χ0v) is 12.4. The first-order valence-corrected chi connectivity index (χ1v) is 6.74. The fourth-order valence-corrected chi connectivity index (χ4v) is 1.97. The first kappa shape index (κ1) is 16.4. The largest absolute Gasteiger partial charge is 0.478 e. The second kappa shape index (κ2) is 6.88. The molecule has 2 aromatic rings. The smallest absolute Gasteiger partial charge is 0.338 e. The lowest BCUT2D eigenvalue weighted by atomic mass is 10.2. The molecule has 0 unspecified atom stereocenters. The highest BCUT2D eigenvalue weighted by atomic mass is 35.5. The summed E-state index contributed by atoms with van der Waals surface area (Å²) < 4.78 is 1.33. The van der Waals surface area contributed by atoms with Gasteiger partial charge in [-0.05, 0) is 6.07 Å². The van der Waals surface area contributed by atoms with E-state index in [-0.39, 0.29) is 40.8 Å². The Hall–Kier alpha value is -2.94. The van der Waals surface area contributed by atoms with E-state index >= 15 is 0 Å². The molecule has 0 fully saturated rings. The van der Waals surface area contributed by atoms with Crippen molar-refractivity contribution in [2.75, 3.05) is 5.32 Å². The number of nitrogens with zero attached hydrogens (tertiary/aromatic N) is 3. The molecule has 0 bridgehead atoms. The van der Waals surface area contributed by atoms with Gasteiger partial charge in [-0.1, -0.05) is 11.6 Å². The minimum Gasteiger partial charge on any atom is -0.478 e. The van der Waals surface area contributed by atoms with Crippen LogP contribution >= 0.6 is 11.6 Å². The molecule has 9 nitrogen and oxygen atoms in total. The summed E-state index contributed by atoms with van der Waals surface area (Å²) >= 11 is 5.87. The number of halogens is 1. The first-order chi connectivity index (χ1) is 10.9. The number of benzene rings is 1. The minimum absolute atomic E-state index is 0.0313. The van der Waals surface area contributed by atoms with Crippen LogP contribution in [0.2, 0.25) is 5.02 Å². The molecule has 0 aliphatic carbocycles. The molecular weight excluding hydrogens is 328 g/mol. The fraction of sp³-hybridized carbons (Fsp3) is 0.154. The van der Waals surface area contributed by atoms with E-state index in [4.69, 9.17) is 16.7 Å². The van der Waals surface area contributed by atoms with Crippen molar-refractivity contribution in [3.05, 3.63) is 51.3 Å². The van der Waals surface area contributed by atoms with Crippen molar-refractivity contribution < 1.29 is 19.6 Å². The van der Waals surface area contributed by atoms with Gasteiger partial charge in [0.05, 0.1) is 27.4 Å². The summed E-state index contributed by atoms with van der Waals surface area (Å²) in [5.41, 5.74) is 0.114. The van der Waals surface area contributed by atoms with Crippen LogP contribution in [-0.4, -0.2) is 31.7 Å². The van der Waals surface area contributed by atoms with Crippen LogP contribution in [-0.2, 0) is 11.3 Å². The van der Waals surface area contributed by atoms with Crippen LogP contribution in [0.15, 0.2) is 30.6 Å². The molecule has 2 N–H and O–H groups in total. The van der Waals surface area contributed by atoms with Crippen LogP contribution in [0.1, 0.15) is 16.8 Å². The van der Waals surface area contributed by atoms with Crippen molar-refractivity contribution in [2.45, 2.75) is 13.0 Å². The minimum atomic E-state index is -1.10. The van der Waals surface area contributed by atoms with E-state index in [1.165, 1.54) is 29.2 Å². The number of hydrogen-bond donors (Lipinski definition) is 2. The maximum Gasteiger partial charge on any atom is 0.338 e. The van der Waals surface area contributed by atoms with Crippen LogP contribution in [0, 0.1) is 10.1 Å². The lowest BCUT2D eigenvalue weighted by Gasteiger charge is -2.07. The third-order valence-corrected chi connectivity index (χ3v) is 3.20. The summed E-state index contributed by atoms with van der Waals surface area (Å²) in [5, 5.41) is 25.8. The maximum absolute atomic E-state index is 11.8. The maximum atomic E-state index is 11.8. The monoisotopic (exact) mass is 338 g/mol. The van der Waals surface area contributed by atoms with Crippen LogP contribution < -0.4 is 5.32 Å². The van der Waals surface area contributed by atoms with Gasteiger partial charge in [-0.25, -0.2) is 4.79 Å². The molecule has 1 amide bonds. The number of aryl methyl sites for hydroxylation is 1. The Morgan fingerprint density at radius 1 is 1.43 bits per heavy atom. The Kier molecular flexibility index (Phi) is 4.91. The number of anilines is 1. The first-order valence-electron chi connectivity index (χ1n) is 6.36. The Morgan fingerprint density at radius 3 is 2.74 bits per heavy atom. The molecule has 0 saturated heterocycles. The number of nitro groups is 1. The van der Waals surface area contributed by atoms with E-state index < -0.39 is 10.9 Å². The molecule has 1 heterocycles. The Labute approximate surface area is 134 Å². The molecule has 0 radical (unpaired) electrons. The summed E-state index contributed by atoms with van der Waals surface area (Å²) in [6.45, 7) is 0.184. The third kappa shape index (κ3) is 4.27. The molecule has 1 aromatic heterocycles. The highest BCUT2D eigenvalue weighted by molar-refractivity contribution is 6.33. The summed E-state index contributed by atoms with van der Waals surface area (Å²) in [6, 6.07) is 3.72. The summed E-state index contributed by atoms with van der Waals surface area (Å²) in [7, 11) is 0. The number of nitrogens with one attached hydrogen (secondary N) is 1. The van der Waals surface area contributed by atoms with Gasteiger partial charge in [0.25, 0.3) is 5.69 Å². The fourth-order valence-electron chi connectivity index (χ4n) is 1.74. The van der Waals surface area contributed by atoms with Crippen molar-refractivity contribution in [3.8, 4) is 0 Å². The van der Waals surface area contributed by atoms with Crippen molar-refractivity contribution in [2.24, 2.45) is 0 Å². The predicted molar refractivity (Wildman–Crippen MR) is 80.5 cm³/mol. The number of nitro benzene ring substituents is 1. The Bertz CT molecular complexity index is 773. The molecule has 0 atom stereocenters. The number of carboxylic acids is 1. The van der Waals surface area contributed by atoms with Gasteiger partial charge in [0.15, 0.2) is 0 Å². The molecular formula is C13H11ClN4O5. The lowest BCUT2D eigenvalue weighted by molar-refractivity contribution is -0.384. The van der Waals surface area contributed by atoms with Crippen molar-refractivity contribution in [1.29, 1.82) is 0 Å². The molecule has 0 saturated carbocycles. The highest BCUT2D eigenvalue weighted by Gasteiger charge is 2.12. The number of non-ortho nitro benzene ring substituents is 1. The quantitative estimate of drug-likeness (QED) is 0.613. The van der Waals surface area contributed by atoms with E-state index in [1.54, 1.807) is 0 Å². The normalized spacial score (nSPS) is 10.3. The standard InChI is InChI=1S/C13H11ClN4O5/c14-10-5-9(18(22)23)1-2-11(10)16-12(19)3-4-17-7-8(6-15-17)13(20)21/h1-2,5-7H,3-4H2,(H,16,19)(H,20,21). The molecule has 2 rings (SSSR count). The van der Waals surface area contributed by atoms with Gasteiger partial charge in [-0.2, -0.15) is 5.10 Å². The number of rotatable bonds is 6. The van der Waals surface area contributed by atoms with Gasteiger partial charge >= 0.3 is 5.97 Å². The van der Waals surface area contributed by atoms with E-state index in [0.717, 1.165) is 6.07 Å². The topological polar surface area (TPSA) is 127 Å². The predicted octanol–water partition coefficient (Wildman–Crippen LogP) is 2.17. The van der Waals surface area contributed by atoms with Gasteiger partial charge in [0.2, 0.25) is 5.91 Å². The number of carbonyl (C=O) groups is 2. The second-order valence-electron chi connectivity index (χ2n) is 4.52. The van der Waals surface area contributed by atoms with Crippen molar-refractivity contribution in [3.63, 3.8) is 0 Å². The number of aromatic nitrogens is 2. The van der Waals surface area contributed by atoms with Crippen LogP contribution in [0.3, 0.4) is 0 Å².